The molecule has 1 heterocycles. The highest BCUT2D eigenvalue weighted by molar-refractivity contribution is 5.94. The molecule has 0 aliphatic carbocycles. The van der Waals surface area contributed by atoms with Gasteiger partial charge in [-0.15, -0.1) is 0 Å². The zero-order valence-corrected chi connectivity index (χ0v) is 19.9. The molecule has 0 radical (unpaired) electrons. The summed E-state index contributed by atoms with van der Waals surface area (Å²) in [6.07, 6.45) is 13.3. The van der Waals surface area contributed by atoms with Crippen molar-refractivity contribution in [2.75, 3.05) is 0 Å². The van der Waals surface area contributed by atoms with Gasteiger partial charge in [-0.25, -0.2) is 4.98 Å². The van der Waals surface area contributed by atoms with Crippen molar-refractivity contribution in [1.29, 1.82) is 0 Å². The van der Waals surface area contributed by atoms with Gasteiger partial charge in [0.1, 0.15) is 5.82 Å². The number of carbonyl (C=O) groups is 1. The molecule has 1 N–H and O–H groups in total. The molecule has 172 valence electrons. The first-order valence-electron chi connectivity index (χ1n) is 12.5. The van der Waals surface area contributed by atoms with E-state index in [-0.39, 0.29) is 5.91 Å². The molecule has 0 bridgehead atoms. The van der Waals surface area contributed by atoms with Gasteiger partial charge in [0.15, 0.2) is 0 Å². The molecular formula is C28H39N3O. The van der Waals surface area contributed by atoms with Gasteiger partial charge >= 0.3 is 0 Å². The third kappa shape index (κ3) is 7.22. The first-order chi connectivity index (χ1) is 15.7. The van der Waals surface area contributed by atoms with E-state index in [1.807, 2.05) is 37.3 Å². The van der Waals surface area contributed by atoms with Crippen molar-refractivity contribution in [2.45, 2.75) is 91.1 Å². The molecule has 0 aliphatic heterocycles. The highest BCUT2D eigenvalue weighted by Crippen LogP contribution is 2.18. The number of imidazole rings is 1. The van der Waals surface area contributed by atoms with Gasteiger partial charge in [0.05, 0.1) is 17.6 Å². The standard InChI is InChI=1S/C28H39N3O/c1-3-4-5-6-7-8-9-10-11-14-21-31-26-16-13-12-15-25(26)30-27(31)22-29-28(32)24-19-17-23(2)18-20-24/h12-13,15-20H,3-11,14,21-22H2,1-2H3,(H,29,32). The second-order valence-corrected chi connectivity index (χ2v) is 8.90. The number of aromatic nitrogens is 2. The summed E-state index contributed by atoms with van der Waals surface area (Å²) in [7, 11) is 0. The SMILES string of the molecule is CCCCCCCCCCCCn1c(CNC(=O)c2ccc(C)cc2)nc2ccccc21. The molecule has 0 saturated heterocycles. The molecule has 0 atom stereocenters. The molecule has 0 fully saturated rings. The van der Waals surface area contributed by atoms with Crippen molar-refractivity contribution in [3.8, 4) is 0 Å². The largest absolute Gasteiger partial charge is 0.345 e. The first kappa shape index (κ1) is 24.0. The Morgan fingerprint density at radius 3 is 2.16 bits per heavy atom. The minimum Gasteiger partial charge on any atom is -0.345 e. The molecule has 4 heteroatoms. The monoisotopic (exact) mass is 433 g/mol. The Hall–Kier alpha value is -2.62. The van der Waals surface area contributed by atoms with Crippen LogP contribution in [-0.4, -0.2) is 15.5 Å². The zero-order valence-electron chi connectivity index (χ0n) is 19.9. The Balaban J connectivity index is 1.49. The first-order valence-corrected chi connectivity index (χ1v) is 12.5. The van der Waals surface area contributed by atoms with Crippen molar-refractivity contribution in [1.82, 2.24) is 14.9 Å². The lowest BCUT2D eigenvalue weighted by Crippen LogP contribution is -2.24. The van der Waals surface area contributed by atoms with Gasteiger partial charge in [0.25, 0.3) is 5.91 Å². The van der Waals surface area contributed by atoms with Gasteiger partial charge < -0.3 is 9.88 Å². The van der Waals surface area contributed by atoms with Crippen molar-refractivity contribution in [2.24, 2.45) is 0 Å². The molecular weight excluding hydrogens is 394 g/mol. The smallest absolute Gasteiger partial charge is 0.251 e. The minimum atomic E-state index is -0.0532. The van der Waals surface area contributed by atoms with Crippen LogP contribution in [0.25, 0.3) is 11.0 Å². The Bertz CT molecular complexity index is 958. The van der Waals surface area contributed by atoms with E-state index in [0.717, 1.165) is 35.4 Å². The number of fused-ring (bicyclic) bond motifs is 1. The van der Waals surface area contributed by atoms with Gasteiger partial charge in [-0.1, -0.05) is 94.5 Å². The number of carbonyl (C=O) groups excluding carboxylic acids is 1. The number of aryl methyl sites for hydroxylation is 2. The van der Waals surface area contributed by atoms with Crippen molar-refractivity contribution in [3.63, 3.8) is 0 Å². The van der Waals surface area contributed by atoms with Gasteiger partial charge in [0.2, 0.25) is 0 Å². The number of amides is 1. The zero-order chi connectivity index (χ0) is 22.6. The molecule has 0 aliphatic rings. The summed E-state index contributed by atoms with van der Waals surface area (Å²) in [5.41, 5.74) is 4.00. The molecule has 3 aromatic rings. The number of rotatable bonds is 14. The van der Waals surface area contributed by atoms with Crippen LogP contribution in [0.2, 0.25) is 0 Å². The maximum Gasteiger partial charge on any atom is 0.251 e. The molecule has 4 nitrogen and oxygen atoms in total. The van der Waals surface area contributed by atoms with Gasteiger partial charge in [-0.2, -0.15) is 0 Å². The summed E-state index contributed by atoms with van der Waals surface area (Å²) in [6, 6.07) is 15.9. The molecule has 0 unspecified atom stereocenters. The van der Waals surface area contributed by atoms with E-state index in [1.165, 1.54) is 57.8 Å². The van der Waals surface area contributed by atoms with Crippen LogP contribution in [-0.2, 0) is 13.1 Å². The summed E-state index contributed by atoms with van der Waals surface area (Å²) < 4.78 is 2.29. The lowest BCUT2D eigenvalue weighted by molar-refractivity contribution is 0.0949. The third-order valence-corrected chi connectivity index (χ3v) is 6.19. The van der Waals surface area contributed by atoms with Crippen LogP contribution in [0.15, 0.2) is 48.5 Å². The van der Waals surface area contributed by atoms with E-state index < -0.39 is 0 Å². The topological polar surface area (TPSA) is 46.9 Å². The Morgan fingerprint density at radius 2 is 1.47 bits per heavy atom. The Morgan fingerprint density at radius 1 is 0.844 bits per heavy atom. The summed E-state index contributed by atoms with van der Waals surface area (Å²) in [6.45, 7) is 5.69. The highest BCUT2D eigenvalue weighted by atomic mass is 16.1. The fraction of sp³-hybridized carbons (Fsp3) is 0.500. The lowest BCUT2D eigenvalue weighted by Gasteiger charge is -2.11. The van der Waals surface area contributed by atoms with E-state index in [4.69, 9.17) is 4.98 Å². The molecule has 1 amide bonds. The van der Waals surface area contributed by atoms with E-state index in [1.54, 1.807) is 0 Å². The summed E-state index contributed by atoms with van der Waals surface area (Å²) in [4.78, 5) is 17.4. The molecule has 1 aromatic heterocycles. The third-order valence-electron chi connectivity index (χ3n) is 6.19. The van der Waals surface area contributed by atoms with Crippen LogP contribution in [0.4, 0.5) is 0 Å². The number of nitrogens with one attached hydrogen (secondary N) is 1. The maximum absolute atomic E-state index is 12.6. The molecule has 3 rings (SSSR count). The summed E-state index contributed by atoms with van der Waals surface area (Å²) >= 11 is 0. The number of hydrogen-bond donors (Lipinski definition) is 1. The second kappa shape index (κ2) is 13.0. The number of para-hydroxylation sites is 2. The molecule has 0 spiro atoms. The Kier molecular flexibility index (Phi) is 9.80. The van der Waals surface area contributed by atoms with Crippen LogP contribution >= 0.6 is 0 Å². The van der Waals surface area contributed by atoms with E-state index in [9.17, 15) is 4.79 Å². The van der Waals surface area contributed by atoms with Crippen LogP contribution in [0.3, 0.4) is 0 Å². The fourth-order valence-corrected chi connectivity index (χ4v) is 4.23. The summed E-state index contributed by atoms with van der Waals surface area (Å²) in [5.74, 6) is 0.880. The minimum absolute atomic E-state index is 0.0532. The maximum atomic E-state index is 12.6. The van der Waals surface area contributed by atoms with E-state index >= 15 is 0 Å². The van der Waals surface area contributed by atoms with Crippen LogP contribution in [0, 0.1) is 6.92 Å². The predicted molar refractivity (Wildman–Crippen MR) is 134 cm³/mol. The Labute approximate surface area is 193 Å². The van der Waals surface area contributed by atoms with Crippen LogP contribution in [0.1, 0.15) is 92.9 Å². The average molecular weight is 434 g/mol. The van der Waals surface area contributed by atoms with Gasteiger partial charge in [-0.05, 0) is 37.6 Å². The number of hydrogen-bond acceptors (Lipinski definition) is 2. The van der Waals surface area contributed by atoms with Crippen molar-refractivity contribution in [3.05, 3.63) is 65.5 Å². The number of unbranched alkanes of at least 4 members (excludes halogenated alkanes) is 9. The van der Waals surface area contributed by atoms with Gasteiger partial charge in [0, 0.05) is 12.1 Å². The highest BCUT2D eigenvalue weighted by Gasteiger charge is 2.12. The normalized spacial score (nSPS) is 11.2. The van der Waals surface area contributed by atoms with Crippen LogP contribution < -0.4 is 5.32 Å². The lowest BCUT2D eigenvalue weighted by atomic mass is 10.1. The van der Waals surface area contributed by atoms with Crippen LogP contribution in [0.5, 0.6) is 0 Å². The summed E-state index contributed by atoms with van der Waals surface area (Å²) in [5, 5.41) is 3.05. The number of benzene rings is 2. The molecule has 32 heavy (non-hydrogen) atoms. The van der Waals surface area contributed by atoms with Crippen molar-refractivity contribution < 1.29 is 4.79 Å². The quantitative estimate of drug-likeness (QED) is 0.273. The number of nitrogens with zero attached hydrogens (tertiary/aromatic N) is 2. The average Bonchev–Trinajstić information content (AvgIpc) is 3.16. The second-order valence-electron chi connectivity index (χ2n) is 8.90. The van der Waals surface area contributed by atoms with E-state index in [2.05, 4.69) is 35.0 Å². The molecule has 2 aromatic carbocycles. The fourth-order valence-electron chi connectivity index (χ4n) is 4.23. The molecule has 0 saturated carbocycles. The van der Waals surface area contributed by atoms with Crippen molar-refractivity contribution >= 4 is 16.9 Å². The van der Waals surface area contributed by atoms with Gasteiger partial charge in [-0.3, -0.25) is 4.79 Å². The van der Waals surface area contributed by atoms with E-state index in [0.29, 0.717) is 12.1 Å². The predicted octanol–water partition coefficient (Wildman–Crippen LogP) is 7.20.